The number of fused-ring (bicyclic) bond motifs is 1. The Morgan fingerprint density at radius 1 is 1.36 bits per heavy atom. The van der Waals surface area contributed by atoms with Crippen LogP contribution in [0.4, 0.5) is 0 Å². The minimum atomic E-state index is -0.179. The largest absolute Gasteiger partial charge is 0.487 e. The first-order valence-electron chi connectivity index (χ1n) is 8.24. The van der Waals surface area contributed by atoms with Gasteiger partial charge in [-0.25, -0.2) is 0 Å². The first-order valence-corrected chi connectivity index (χ1v) is 8.24. The lowest BCUT2D eigenvalue weighted by Gasteiger charge is -2.38. The van der Waals surface area contributed by atoms with Gasteiger partial charge in [-0.05, 0) is 32.8 Å². The molecule has 22 heavy (non-hydrogen) atoms. The summed E-state index contributed by atoms with van der Waals surface area (Å²) in [5.74, 6) is 2.40. The van der Waals surface area contributed by atoms with E-state index < -0.39 is 0 Å². The van der Waals surface area contributed by atoms with E-state index in [-0.39, 0.29) is 11.6 Å². The number of aliphatic imine (C=N–C) groups is 1. The molecule has 1 unspecified atom stereocenters. The van der Waals surface area contributed by atoms with Gasteiger partial charge in [0.1, 0.15) is 11.4 Å². The van der Waals surface area contributed by atoms with Gasteiger partial charge in [0.05, 0.1) is 6.04 Å². The van der Waals surface area contributed by atoms with Crippen molar-refractivity contribution in [2.75, 3.05) is 13.1 Å². The van der Waals surface area contributed by atoms with Crippen LogP contribution in [-0.2, 0) is 0 Å². The van der Waals surface area contributed by atoms with E-state index in [0.717, 1.165) is 31.2 Å². The van der Waals surface area contributed by atoms with Gasteiger partial charge in [0.2, 0.25) is 0 Å². The van der Waals surface area contributed by atoms with Crippen molar-refractivity contribution in [2.24, 2.45) is 10.9 Å². The van der Waals surface area contributed by atoms with Gasteiger partial charge in [-0.2, -0.15) is 0 Å². The Balaban J connectivity index is 2.21. The fraction of sp³-hybridized carbons (Fsp3) is 0.611. The Hall–Kier alpha value is -1.71. The third-order valence-corrected chi connectivity index (χ3v) is 3.65. The third-order valence-electron chi connectivity index (χ3n) is 3.65. The van der Waals surface area contributed by atoms with E-state index in [1.807, 2.05) is 12.1 Å². The molecule has 0 saturated heterocycles. The Morgan fingerprint density at radius 3 is 2.77 bits per heavy atom. The van der Waals surface area contributed by atoms with Crippen LogP contribution in [0.25, 0.3) is 0 Å². The predicted molar refractivity (Wildman–Crippen MR) is 92.5 cm³/mol. The summed E-state index contributed by atoms with van der Waals surface area (Å²) in [5, 5.41) is 6.92. The standard InChI is InChI=1S/C18H29N3O/c1-6-19-17(20-12-13(2)3)21-15-11-18(4,5)22-16-10-8-7-9-14(15)16/h7-10,13,15H,6,11-12H2,1-5H3,(H2,19,20,21). The van der Waals surface area contributed by atoms with Gasteiger partial charge in [-0.1, -0.05) is 32.0 Å². The molecule has 122 valence electrons. The number of rotatable bonds is 4. The smallest absolute Gasteiger partial charge is 0.191 e. The third kappa shape index (κ3) is 4.39. The summed E-state index contributed by atoms with van der Waals surface area (Å²) in [6, 6.07) is 8.48. The van der Waals surface area contributed by atoms with E-state index in [9.17, 15) is 0 Å². The molecule has 0 spiro atoms. The van der Waals surface area contributed by atoms with E-state index in [0.29, 0.717) is 5.92 Å². The van der Waals surface area contributed by atoms with Crippen LogP contribution in [0.5, 0.6) is 5.75 Å². The summed E-state index contributed by atoms with van der Waals surface area (Å²) >= 11 is 0. The van der Waals surface area contributed by atoms with Gasteiger partial charge in [0, 0.05) is 25.1 Å². The lowest BCUT2D eigenvalue weighted by atomic mass is 9.90. The summed E-state index contributed by atoms with van der Waals surface area (Å²) in [6.45, 7) is 12.4. The molecule has 2 rings (SSSR count). The average Bonchev–Trinajstić information content (AvgIpc) is 2.43. The van der Waals surface area contributed by atoms with Crippen LogP contribution in [0.15, 0.2) is 29.3 Å². The molecule has 0 bridgehead atoms. The van der Waals surface area contributed by atoms with Gasteiger partial charge >= 0.3 is 0 Å². The van der Waals surface area contributed by atoms with E-state index in [4.69, 9.17) is 4.74 Å². The van der Waals surface area contributed by atoms with Crippen molar-refractivity contribution in [3.8, 4) is 5.75 Å². The molecular formula is C18H29N3O. The van der Waals surface area contributed by atoms with Crippen LogP contribution >= 0.6 is 0 Å². The van der Waals surface area contributed by atoms with Crippen LogP contribution in [-0.4, -0.2) is 24.7 Å². The molecule has 0 aromatic heterocycles. The summed E-state index contributed by atoms with van der Waals surface area (Å²) in [5.41, 5.74) is 1.03. The predicted octanol–water partition coefficient (Wildman–Crippen LogP) is 3.50. The summed E-state index contributed by atoms with van der Waals surface area (Å²) in [7, 11) is 0. The van der Waals surface area contributed by atoms with Gasteiger partial charge in [0.25, 0.3) is 0 Å². The molecule has 0 aliphatic carbocycles. The molecule has 1 heterocycles. The van der Waals surface area contributed by atoms with E-state index in [1.54, 1.807) is 0 Å². The van der Waals surface area contributed by atoms with Crippen molar-refractivity contribution in [2.45, 2.75) is 52.7 Å². The number of para-hydroxylation sites is 1. The highest BCUT2D eigenvalue weighted by Gasteiger charge is 2.33. The van der Waals surface area contributed by atoms with Crippen LogP contribution in [0.2, 0.25) is 0 Å². The fourth-order valence-electron chi connectivity index (χ4n) is 2.69. The zero-order valence-electron chi connectivity index (χ0n) is 14.4. The van der Waals surface area contributed by atoms with Gasteiger partial charge in [-0.3, -0.25) is 4.99 Å². The van der Waals surface area contributed by atoms with Crippen molar-refractivity contribution in [1.82, 2.24) is 10.6 Å². The molecule has 0 fully saturated rings. The van der Waals surface area contributed by atoms with Crippen molar-refractivity contribution in [3.63, 3.8) is 0 Å². The molecule has 1 aromatic carbocycles. The molecule has 1 atom stereocenters. The summed E-state index contributed by atoms with van der Waals surface area (Å²) < 4.78 is 6.09. The maximum Gasteiger partial charge on any atom is 0.191 e. The SMILES string of the molecule is CCNC(=NCC(C)C)NC1CC(C)(C)Oc2ccccc21. The monoisotopic (exact) mass is 303 g/mol. The second-order valence-electron chi connectivity index (χ2n) is 6.91. The molecule has 0 amide bonds. The molecule has 4 nitrogen and oxygen atoms in total. The second-order valence-corrected chi connectivity index (χ2v) is 6.91. The van der Waals surface area contributed by atoms with Gasteiger partial charge < -0.3 is 15.4 Å². The van der Waals surface area contributed by atoms with Crippen LogP contribution in [0.1, 0.15) is 52.6 Å². The maximum absolute atomic E-state index is 6.09. The fourth-order valence-corrected chi connectivity index (χ4v) is 2.69. The zero-order chi connectivity index (χ0) is 16.2. The number of nitrogens with one attached hydrogen (secondary N) is 2. The molecule has 4 heteroatoms. The first-order chi connectivity index (χ1) is 10.4. The highest BCUT2D eigenvalue weighted by Crippen LogP contribution is 2.39. The highest BCUT2D eigenvalue weighted by molar-refractivity contribution is 5.80. The summed E-state index contributed by atoms with van der Waals surface area (Å²) in [4.78, 5) is 4.68. The minimum absolute atomic E-state index is 0.179. The molecule has 0 radical (unpaired) electrons. The van der Waals surface area contributed by atoms with Gasteiger partial charge in [-0.15, -0.1) is 0 Å². The number of hydrogen-bond donors (Lipinski definition) is 2. The van der Waals surface area contributed by atoms with E-state index in [1.165, 1.54) is 5.56 Å². The number of nitrogens with zero attached hydrogens (tertiary/aromatic N) is 1. The normalized spacial score (nSPS) is 20.3. The molecule has 1 aliphatic heterocycles. The van der Waals surface area contributed by atoms with Crippen molar-refractivity contribution in [1.29, 1.82) is 0 Å². The highest BCUT2D eigenvalue weighted by atomic mass is 16.5. The topological polar surface area (TPSA) is 45.7 Å². The molecule has 1 aliphatic rings. The van der Waals surface area contributed by atoms with Crippen molar-refractivity contribution in [3.05, 3.63) is 29.8 Å². The van der Waals surface area contributed by atoms with Crippen LogP contribution < -0.4 is 15.4 Å². The number of hydrogen-bond acceptors (Lipinski definition) is 2. The molecule has 1 aromatic rings. The quantitative estimate of drug-likeness (QED) is 0.661. The van der Waals surface area contributed by atoms with Crippen LogP contribution in [0, 0.1) is 5.92 Å². The number of benzene rings is 1. The number of ether oxygens (including phenoxy) is 1. The van der Waals surface area contributed by atoms with E-state index in [2.05, 4.69) is 62.4 Å². The summed E-state index contributed by atoms with van der Waals surface area (Å²) in [6.07, 6.45) is 0.913. The molecule has 0 saturated carbocycles. The lowest BCUT2D eigenvalue weighted by Crippen LogP contribution is -2.45. The average molecular weight is 303 g/mol. The molecule has 2 N–H and O–H groups in total. The van der Waals surface area contributed by atoms with Crippen LogP contribution in [0.3, 0.4) is 0 Å². The lowest BCUT2D eigenvalue weighted by molar-refractivity contribution is 0.0694. The number of guanidine groups is 1. The van der Waals surface area contributed by atoms with Crippen molar-refractivity contribution >= 4 is 5.96 Å². The maximum atomic E-state index is 6.09. The van der Waals surface area contributed by atoms with E-state index >= 15 is 0 Å². The Bertz CT molecular complexity index is 523. The zero-order valence-corrected chi connectivity index (χ0v) is 14.4. The Kier molecular flexibility index (Phi) is 5.33. The Labute approximate surface area is 134 Å². The van der Waals surface area contributed by atoms with Crippen molar-refractivity contribution < 1.29 is 4.74 Å². The van der Waals surface area contributed by atoms with Gasteiger partial charge in [0.15, 0.2) is 5.96 Å². The Morgan fingerprint density at radius 2 is 2.09 bits per heavy atom. The first kappa shape index (κ1) is 16.7. The second kappa shape index (κ2) is 7.03. The minimum Gasteiger partial charge on any atom is -0.487 e. The molecular weight excluding hydrogens is 274 g/mol.